The van der Waals surface area contributed by atoms with E-state index in [0.29, 0.717) is 48.1 Å². The summed E-state index contributed by atoms with van der Waals surface area (Å²) in [6, 6.07) is 4.04. The molecule has 1 N–H and O–H groups in total. The Hall–Kier alpha value is -3.23. The molecule has 2 aliphatic carbocycles. The van der Waals surface area contributed by atoms with Crippen LogP contribution in [0.3, 0.4) is 0 Å². The summed E-state index contributed by atoms with van der Waals surface area (Å²) in [5.41, 5.74) is 3.54. The third kappa shape index (κ3) is 4.10. The Morgan fingerprint density at radius 2 is 1.82 bits per heavy atom. The summed E-state index contributed by atoms with van der Waals surface area (Å²) in [6.07, 6.45) is 6.52. The van der Waals surface area contributed by atoms with Gasteiger partial charge in [0, 0.05) is 42.9 Å². The average Bonchev–Trinajstić information content (AvgIpc) is 3.40. The highest BCUT2D eigenvalue weighted by molar-refractivity contribution is 5.97. The average molecular weight is 519 g/mol. The van der Waals surface area contributed by atoms with Crippen molar-refractivity contribution in [3.8, 4) is 0 Å². The van der Waals surface area contributed by atoms with E-state index in [1.54, 1.807) is 11.8 Å². The Bertz CT molecular complexity index is 1420. The predicted molar refractivity (Wildman–Crippen MR) is 143 cm³/mol. The minimum atomic E-state index is -0.590. The number of piperazine rings is 1. The lowest BCUT2D eigenvalue weighted by molar-refractivity contribution is 0.00766. The first-order valence-corrected chi connectivity index (χ1v) is 13.8. The minimum Gasteiger partial charge on any atom is -0.449 e. The summed E-state index contributed by atoms with van der Waals surface area (Å²) in [6.45, 7) is 13.4. The smallest absolute Gasteiger partial charge is 0.291 e. The van der Waals surface area contributed by atoms with Crippen LogP contribution in [0.2, 0.25) is 0 Å². The van der Waals surface area contributed by atoms with E-state index in [4.69, 9.17) is 9.40 Å². The number of aryl methyl sites for hydroxylation is 1. The summed E-state index contributed by atoms with van der Waals surface area (Å²) < 4.78 is 6.28. The topological polar surface area (TPSA) is 108 Å². The molecule has 202 valence electrons. The van der Waals surface area contributed by atoms with Gasteiger partial charge in [0.1, 0.15) is 11.3 Å². The number of aromatic amines is 1. The first-order chi connectivity index (χ1) is 17.9. The molecule has 1 spiro atoms. The summed E-state index contributed by atoms with van der Waals surface area (Å²) in [5, 5.41) is 6.67. The highest BCUT2D eigenvalue weighted by Crippen LogP contribution is 2.61. The molecule has 0 radical (unpaired) electrons. The number of carbonyl (C=O) groups excluding carboxylic acids is 2. The largest absolute Gasteiger partial charge is 0.449 e. The maximum Gasteiger partial charge on any atom is 0.291 e. The van der Waals surface area contributed by atoms with Crippen molar-refractivity contribution < 1.29 is 14.0 Å². The molecule has 2 saturated carbocycles. The molecule has 3 aromatic heterocycles. The number of amides is 2. The Morgan fingerprint density at radius 3 is 2.39 bits per heavy atom. The molecule has 1 aliphatic heterocycles. The fourth-order valence-electron chi connectivity index (χ4n) is 6.62. The second-order valence-electron chi connectivity index (χ2n) is 13.4. The molecule has 3 aliphatic rings. The van der Waals surface area contributed by atoms with Crippen LogP contribution in [0.5, 0.6) is 0 Å². The molecule has 38 heavy (non-hydrogen) atoms. The van der Waals surface area contributed by atoms with Crippen LogP contribution in [-0.2, 0) is 5.41 Å². The van der Waals surface area contributed by atoms with Crippen LogP contribution in [0.15, 0.2) is 16.5 Å². The second kappa shape index (κ2) is 8.38. The number of rotatable bonds is 3. The van der Waals surface area contributed by atoms with Gasteiger partial charge >= 0.3 is 0 Å². The number of hydrogen-bond acceptors (Lipinski definition) is 6. The predicted octanol–water partition coefficient (Wildman–Crippen LogP) is 4.98. The SMILES string of the molecule is Cc1n[nH]c(C(=O)N2CCN(C(=O)c3cc4nc(C5CC6(CCC6)C5)cc(C(C)(C)C)c4o3)C(C)(C)C2)n1. The van der Waals surface area contributed by atoms with Crippen molar-refractivity contribution in [2.45, 2.75) is 90.5 Å². The molecule has 0 atom stereocenters. The van der Waals surface area contributed by atoms with E-state index in [9.17, 15) is 9.59 Å². The van der Waals surface area contributed by atoms with Crippen LogP contribution in [0.25, 0.3) is 11.1 Å². The molecule has 2 amide bonds. The quantitative estimate of drug-likeness (QED) is 0.524. The van der Waals surface area contributed by atoms with Crippen LogP contribution in [-0.4, -0.2) is 67.0 Å². The summed E-state index contributed by atoms with van der Waals surface area (Å²) in [5.74, 6) is 1.17. The van der Waals surface area contributed by atoms with Crippen molar-refractivity contribution in [1.82, 2.24) is 30.0 Å². The van der Waals surface area contributed by atoms with Gasteiger partial charge in [0.15, 0.2) is 11.3 Å². The Balaban J connectivity index is 1.26. The summed E-state index contributed by atoms with van der Waals surface area (Å²) in [7, 11) is 0. The van der Waals surface area contributed by atoms with Gasteiger partial charge in [-0.15, -0.1) is 0 Å². The Kier molecular flexibility index (Phi) is 5.53. The zero-order valence-electron chi connectivity index (χ0n) is 23.3. The molecule has 9 nitrogen and oxygen atoms in total. The second-order valence-corrected chi connectivity index (χ2v) is 13.4. The molecule has 3 fully saturated rings. The number of nitrogens with zero attached hydrogens (tertiary/aromatic N) is 5. The molecule has 4 heterocycles. The molecular weight excluding hydrogens is 480 g/mol. The van der Waals surface area contributed by atoms with Gasteiger partial charge in [0.25, 0.3) is 11.8 Å². The summed E-state index contributed by atoms with van der Waals surface area (Å²) >= 11 is 0. The Labute approximate surface area is 223 Å². The lowest BCUT2D eigenvalue weighted by Crippen LogP contribution is -2.62. The number of fused-ring (bicyclic) bond motifs is 1. The number of carbonyl (C=O) groups is 2. The van der Waals surface area contributed by atoms with Gasteiger partial charge in [-0.05, 0) is 63.4 Å². The van der Waals surface area contributed by atoms with Crippen LogP contribution in [0.4, 0.5) is 0 Å². The zero-order valence-corrected chi connectivity index (χ0v) is 23.3. The number of nitrogens with one attached hydrogen (secondary N) is 1. The summed E-state index contributed by atoms with van der Waals surface area (Å²) in [4.78, 5) is 39.4. The third-order valence-corrected chi connectivity index (χ3v) is 8.94. The fraction of sp³-hybridized carbons (Fsp3) is 0.621. The highest BCUT2D eigenvalue weighted by atomic mass is 16.3. The van der Waals surface area contributed by atoms with Crippen molar-refractivity contribution >= 4 is 22.9 Å². The van der Waals surface area contributed by atoms with Gasteiger partial charge in [-0.3, -0.25) is 14.7 Å². The monoisotopic (exact) mass is 518 g/mol. The molecule has 3 aromatic rings. The van der Waals surface area contributed by atoms with Crippen LogP contribution in [0, 0.1) is 12.3 Å². The van der Waals surface area contributed by atoms with E-state index in [1.165, 1.54) is 32.1 Å². The fourth-order valence-corrected chi connectivity index (χ4v) is 6.62. The van der Waals surface area contributed by atoms with Gasteiger partial charge in [0.05, 0.1) is 5.54 Å². The van der Waals surface area contributed by atoms with Crippen LogP contribution in [0.1, 0.15) is 111 Å². The third-order valence-electron chi connectivity index (χ3n) is 8.94. The highest BCUT2D eigenvalue weighted by Gasteiger charge is 2.49. The van der Waals surface area contributed by atoms with E-state index in [1.807, 2.05) is 24.8 Å². The molecule has 0 bridgehead atoms. The van der Waals surface area contributed by atoms with Gasteiger partial charge in [-0.2, -0.15) is 5.10 Å². The van der Waals surface area contributed by atoms with Crippen molar-refractivity contribution in [2.24, 2.45) is 5.41 Å². The van der Waals surface area contributed by atoms with E-state index < -0.39 is 5.54 Å². The maximum atomic E-state index is 13.8. The van der Waals surface area contributed by atoms with Gasteiger partial charge in [-0.1, -0.05) is 27.2 Å². The minimum absolute atomic E-state index is 0.143. The van der Waals surface area contributed by atoms with Crippen LogP contribution >= 0.6 is 0 Å². The number of aromatic nitrogens is 4. The lowest BCUT2D eigenvalue weighted by atomic mass is 9.51. The number of pyridine rings is 1. The molecule has 9 heteroatoms. The standard InChI is InChI=1S/C29H38N6O3/c1-17-30-24(33-32-17)26(37)34-10-11-35(28(5,6)16-34)25(36)22-13-21-23(38-22)19(27(2,3)4)12-20(31-21)18-14-29(15-18)8-7-9-29/h12-13,18H,7-11,14-16H2,1-6H3,(H,30,32,33). The van der Waals surface area contributed by atoms with Crippen molar-refractivity contribution in [2.75, 3.05) is 19.6 Å². The van der Waals surface area contributed by atoms with Crippen LogP contribution < -0.4 is 0 Å². The van der Waals surface area contributed by atoms with Gasteiger partial charge in [-0.25, -0.2) is 9.97 Å². The zero-order chi connectivity index (χ0) is 27.0. The van der Waals surface area contributed by atoms with E-state index in [-0.39, 0.29) is 23.1 Å². The van der Waals surface area contributed by atoms with Crippen molar-refractivity contribution in [1.29, 1.82) is 0 Å². The lowest BCUT2D eigenvalue weighted by Gasteiger charge is -2.54. The van der Waals surface area contributed by atoms with Crippen molar-refractivity contribution in [3.05, 3.63) is 40.8 Å². The molecule has 6 rings (SSSR count). The van der Waals surface area contributed by atoms with Gasteiger partial charge < -0.3 is 14.2 Å². The van der Waals surface area contributed by atoms with Crippen molar-refractivity contribution in [3.63, 3.8) is 0 Å². The van der Waals surface area contributed by atoms with E-state index in [2.05, 4.69) is 42.0 Å². The first-order valence-electron chi connectivity index (χ1n) is 13.8. The van der Waals surface area contributed by atoms with E-state index >= 15 is 0 Å². The Morgan fingerprint density at radius 1 is 1.08 bits per heavy atom. The normalized spacial score (nSPS) is 21.0. The molecule has 1 saturated heterocycles. The molecule has 0 unspecified atom stereocenters. The van der Waals surface area contributed by atoms with Gasteiger partial charge in [0.2, 0.25) is 5.82 Å². The first kappa shape index (κ1) is 25.1. The molecular formula is C29H38N6O3. The maximum absolute atomic E-state index is 13.8. The molecule has 0 aromatic carbocycles. The number of furan rings is 1. The van der Waals surface area contributed by atoms with E-state index in [0.717, 1.165) is 16.8 Å². The number of H-pyrrole nitrogens is 1. The number of hydrogen-bond donors (Lipinski definition) is 1.